The molecule has 1 aliphatic rings. The summed E-state index contributed by atoms with van der Waals surface area (Å²) in [5.41, 5.74) is -0.761. The predicted molar refractivity (Wildman–Crippen MR) is 130 cm³/mol. The Hall–Kier alpha value is -1.10. The molecule has 0 bridgehead atoms. The molecule has 0 radical (unpaired) electrons. The average Bonchev–Trinajstić information content (AvgIpc) is 2.90. The minimum atomic E-state index is -0.761. The van der Waals surface area contributed by atoms with Crippen LogP contribution in [0.1, 0.15) is 60.3 Å². The number of rotatable bonds is 12. The quantitative estimate of drug-likeness (QED) is 0.120. The van der Waals surface area contributed by atoms with E-state index in [0.29, 0.717) is 32.0 Å². The zero-order valence-electron chi connectivity index (χ0n) is 19.0. The number of carbonyl (C=O) groups excluding carboxylic acids is 2. The first-order valence-corrected chi connectivity index (χ1v) is 10.6. The van der Waals surface area contributed by atoms with E-state index in [1.807, 2.05) is 6.92 Å². The number of aliphatic imine (C=N–C) groups is 1. The van der Waals surface area contributed by atoms with E-state index >= 15 is 0 Å². The van der Waals surface area contributed by atoms with Crippen molar-refractivity contribution in [3.05, 3.63) is 0 Å². The molecule has 9 heteroatoms. The van der Waals surface area contributed by atoms with Crippen LogP contribution < -0.4 is 16.0 Å². The second-order valence-corrected chi connectivity index (χ2v) is 7.64. The molecule has 0 spiro atoms. The third-order valence-corrected chi connectivity index (χ3v) is 5.52. The molecule has 2 atom stereocenters. The first-order chi connectivity index (χ1) is 13.3. The number of hydrogen-bond donors (Lipinski definition) is 3. The van der Waals surface area contributed by atoms with Crippen molar-refractivity contribution in [3.63, 3.8) is 0 Å². The molecule has 1 rings (SSSR count). The lowest BCUT2D eigenvalue weighted by atomic mass is 9.99. The van der Waals surface area contributed by atoms with Crippen molar-refractivity contribution in [3.8, 4) is 0 Å². The number of carbonyl (C=O) groups is 2. The Bertz CT molecular complexity index is 541. The van der Waals surface area contributed by atoms with Crippen LogP contribution in [0, 0.1) is 0 Å². The van der Waals surface area contributed by atoms with Gasteiger partial charge in [0.05, 0.1) is 0 Å². The van der Waals surface area contributed by atoms with Gasteiger partial charge in [-0.05, 0) is 59.2 Å². The second-order valence-electron chi connectivity index (χ2n) is 7.64. The number of nitrogens with one attached hydrogen (secondary N) is 3. The minimum absolute atomic E-state index is 0. The van der Waals surface area contributed by atoms with Gasteiger partial charge in [0.1, 0.15) is 5.54 Å². The van der Waals surface area contributed by atoms with E-state index in [-0.39, 0.29) is 35.9 Å². The van der Waals surface area contributed by atoms with Crippen LogP contribution in [0.3, 0.4) is 0 Å². The van der Waals surface area contributed by atoms with Gasteiger partial charge in [-0.3, -0.25) is 14.7 Å². The third-order valence-electron chi connectivity index (χ3n) is 5.52. The number of nitrogens with zero attached hydrogens (tertiary/aromatic N) is 3. The van der Waals surface area contributed by atoms with Crippen LogP contribution in [0.25, 0.3) is 0 Å². The summed E-state index contributed by atoms with van der Waals surface area (Å²) < 4.78 is 0. The lowest BCUT2D eigenvalue weighted by Crippen LogP contribution is -2.44. The highest BCUT2D eigenvalue weighted by molar-refractivity contribution is 14.0. The molecule has 170 valence electrons. The monoisotopic (exact) mass is 524 g/mol. The molecule has 8 nitrogen and oxygen atoms in total. The van der Waals surface area contributed by atoms with Crippen molar-refractivity contribution in [1.82, 2.24) is 25.8 Å². The summed E-state index contributed by atoms with van der Waals surface area (Å²) in [4.78, 5) is 32.4. The van der Waals surface area contributed by atoms with E-state index in [4.69, 9.17) is 0 Å². The molecule has 3 N–H and O–H groups in total. The molecule has 1 saturated heterocycles. The molecule has 2 unspecified atom stereocenters. The Morgan fingerprint density at radius 2 is 1.90 bits per heavy atom. The molecule has 29 heavy (non-hydrogen) atoms. The largest absolute Gasteiger partial charge is 0.356 e. The SMILES string of the molecule is CCN(CC)CCCC(C)NC(=NC)NCCCN1C(=O)NC(C)(CC)C1=O.I. The summed E-state index contributed by atoms with van der Waals surface area (Å²) in [7, 11) is 1.75. The Balaban J connectivity index is 0.00000784. The van der Waals surface area contributed by atoms with Crippen molar-refractivity contribution in [1.29, 1.82) is 0 Å². The summed E-state index contributed by atoms with van der Waals surface area (Å²) in [6.07, 6.45) is 3.50. The van der Waals surface area contributed by atoms with Crippen molar-refractivity contribution >= 4 is 41.9 Å². The van der Waals surface area contributed by atoms with Gasteiger partial charge in [-0.1, -0.05) is 20.8 Å². The van der Waals surface area contributed by atoms with E-state index in [1.165, 1.54) is 4.90 Å². The van der Waals surface area contributed by atoms with E-state index in [0.717, 1.165) is 38.4 Å². The van der Waals surface area contributed by atoms with Crippen molar-refractivity contribution in [2.75, 3.05) is 39.8 Å². The highest BCUT2D eigenvalue weighted by Crippen LogP contribution is 2.20. The maximum atomic E-state index is 12.4. The molecular weight excluding hydrogens is 483 g/mol. The fourth-order valence-electron chi connectivity index (χ4n) is 3.29. The van der Waals surface area contributed by atoms with Crippen molar-refractivity contribution < 1.29 is 9.59 Å². The number of halogens is 1. The predicted octanol–water partition coefficient (Wildman–Crippen LogP) is 2.39. The van der Waals surface area contributed by atoms with Gasteiger partial charge in [0.25, 0.3) is 5.91 Å². The van der Waals surface area contributed by atoms with Gasteiger partial charge < -0.3 is 20.9 Å². The fourth-order valence-corrected chi connectivity index (χ4v) is 3.29. The summed E-state index contributed by atoms with van der Waals surface area (Å²) in [6, 6.07) is 0.0386. The van der Waals surface area contributed by atoms with Crippen LogP contribution >= 0.6 is 24.0 Å². The molecule has 0 aromatic rings. The zero-order chi connectivity index (χ0) is 21.2. The highest BCUT2D eigenvalue weighted by atomic mass is 127. The Morgan fingerprint density at radius 3 is 2.41 bits per heavy atom. The number of urea groups is 1. The van der Waals surface area contributed by atoms with Gasteiger partial charge >= 0.3 is 6.03 Å². The second kappa shape index (κ2) is 14.0. The lowest BCUT2D eigenvalue weighted by molar-refractivity contribution is -0.130. The standard InChI is InChI=1S/C20H40N6O2.HI/c1-7-20(5)17(27)26(19(28)24-20)15-11-13-22-18(21-6)23-16(4)12-10-14-25(8-2)9-3;/h16H,7-15H2,1-6H3,(H,24,28)(H2,21,22,23);1H. The van der Waals surface area contributed by atoms with E-state index in [2.05, 4.69) is 46.6 Å². The molecule has 1 heterocycles. The molecule has 0 aromatic carbocycles. The smallest absolute Gasteiger partial charge is 0.325 e. The lowest BCUT2D eigenvalue weighted by Gasteiger charge is -2.21. The first kappa shape index (κ1) is 27.9. The summed E-state index contributed by atoms with van der Waals surface area (Å²) >= 11 is 0. The normalized spacial score (nSPS) is 20.5. The van der Waals surface area contributed by atoms with Gasteiger partial charge in [-0.25, -0.2) is 4.79 Å². The maximum Gasteiger partial charge on any atom is 0.325 e. The van der Waals surface area contributed by atoms with E-state index in [9.17, 15) is 9.59 Å². The van der Waals surface area contributed by atoms with Crippen molar-refractivity contribution in [2.45, 2.75) is 71.9 Å². The summed E-state index contributed by atoms with van der Waals surface area (Å²) in [5.74, 6) is 0.621. The van der Waals surface area contributed by atoms with Gasteiger partial charge in [-0.2, -0.15) is 0 Å². The van der Waals surface area contributed by atoms with Crippen molar-refractivity contribution in [2.24, 2.45) is 4.99 Å². The molecule has 1 fully saturated rings. The third kappa shape index (κ3) is 8.65. The average molecular weight is 524 g/mol. The maximum absolute atomic E-state index is 12.4. The molecule has 0 aromatic heterocycles. The summed E-state index contributed by atoms with van der Waals surface area (Å²) in [5, 5.41) is 9.45. The highest BCUT2D eigenvalue weighted by Gasteiger charge is 2.45. The minimum Gasteiger partial charge on any atom is -0.356 e. The van der Waals surface area contributed by atoms with Gasteiger partial charge in [0.15, 0.2) is 5.96 Å². The van der Waals surface area contributed by atoms with E-state index in [1.54, 1.807) is 14.0 Å². The number of guanidine groups is 1. The number of amides is 3. The molecule has 0 saturated carbocycles. The van der Waals surface area contributed by atoms with Crippen LogP contribution in [0.4, 0.5) is 4.79 Å². The number of hydrogen-bond acceptors (Lipinski definition) is 4. The number of imide groups is 1. The van der Waals surface area contributed by atoms with Crippen LogP contribution in [0.15, 0.2) is 4.99 Å². The van der Waals surface area contributed by atoms with E-state index < -0.39 is 5.54 Å². The molecule has 3 amide bonds. The van der Waals surface area contributed by atoms with Crippen LogP contribution in [0.2, 0.25) is 0 Å². The summed E-state index contributed by atoms with van der Waals surface area (Å²) in [6.45, 7) is 14.6. The molecule has 1 aliphatic heterocycles. The van der Waals surface area contributed by atoms with Crippen LogP contribution in [-0.4, -0.2) is 79.0 Å². The molecular formula is C20H41IN6O2. The van der Waals surface area contributed by atoms with Crippen LogP contribution in [0.5, 0.6) is 0 Å². The Labute approximate surface area is 193 Å². The molecule has 0 aliphatic carbocycles. The van der Waals surface area contributed by atoms with Gasteiger partial charge in [0.2, 0.25) is 0 Å². The van der Waals surface area contributed by atoms with Crippen LogP contribution in [-0.2, 0) is 4.79 Å². The fraction of sp³-hybridized carbons (Fsp3) is 0.850. The first-order valence-electron chi connectivity index (χ1n) is 10.6. The van der Waals surface area contributed by atoms with Gasteiger partial charge in [0, 0.05) is 26.2 Å². The topological polar surface area (TPSA) is 89.1 Å². The Morgan fingerprint density at radius 1 is 1.24 bits per heavy atom. The Kier molecular flexibility index (Phi) is 13.5. The zero-order valence-corrected chi connectivity index (χ0v) is 21.3. The van der Waals surface area contributed by atoms with Gasteiger partial charge in [-0.15, -0.1) is 24.0 Å².